The van der Waals surface area contributed by atoms with Gasteiger partial charge in [0.15, 0.2) is 5.78 Å². The van der Waals surface area contributed by atoms with Gasteiger partial charge in [-0.2, -0.15) is 0 Å². The zero-order chi connectivity index (χ0) is 10.7. The van der Waals surface area contributed by atoms with E-state index < -0.39 is 0 Å². The van der Waals surface area contributed by atoms with Crippen molar-refractivity contribution in [3.8, 4) is 5.75 Å². The summed E-state index contributed by atoms with van der Waals surface area (Å²) in [5, 5.41) is 0.431. The van der Waals surface area contributed by atoms with Crippen LogP contribution in [-0.2, 0) is 0 Å². The van der Waals surface area contributed by atoms with Crippen LogP contribution in [-0.4, -0.2) is 18.8 Å². The van der Waals surface area contributed by atoms with E-state index in [1.807, 2.05) is 6.92 Å². The van der Waals surface area contributed by atoms with Crippen molar-refractivity contribution >= 4 is 29.0 Å². The van der Waals surface area contributed by atoms with Crippen LogP contribution < -0.4 is 4.74 Å². The fourth-order valence-corrected chi connectivity index (χ4v) is 1.71. The highest BCUT2D eigenvalue weighted by Gasteiger charge is 2.14. The number of hydrogen-bond donors (Lipinski definition) is 0. The summed E-state index contributed by atoms with van der Waals surface area (Å²) in [7, 11) is 1.47. The van der Waals surface area contributed by atoms with Gasteiger partial charge in [0.1, 0.15) is 5.75 Å². The highest BCUT2D eigenvalue weighted by atomic mass is 35.5. The van der Waals surface area contributed by atoms with Crippen LogP contribution in [0, 0.1) is 6.92 Å². The van der Waals surface area contributed by atoms with Gasteiger partial charge in [0.05, 0.1) is 23.6 Å². The van der Waals surface area contributed by atoms with Gasteiger partial charge < -0.3 is 4.74 Å². The van der Waals surface area contributed by atoms with E-state index in [1.54, 1.807) is 12.1 Å². The number of ketones is 1. The quantitative estimate of drug-likeness (QED) is 0.592. The van der Waals surface area contributed by atoms with Gasteiger partial charge in [-0.25, -0.2) is 0 Å². The Hall–Kier alpha value is -0.730. The van der Waals surface area contributed by atoms with E-state index in [9.17, 15) is 4.79 Å². The summed E-state index contributed by atoms with van der Waals surface area (Å²) in [6.07, 6.45) is 0. The lowest BCUT2D eigenvalue weighted by molar-refractivity contribution is 0.101. The number of Topliss-reactive ketones (excluding diaryl/α,β-unsaturated/α-hetero) is 1. The number of hydrogen-bond acceptors (Lipinski definition) is 2. The maximum atomic E-state index is 11.4. The molecule has 1 aromatic carbocycles. The number of ether oxygens (including phenoxy) is 1. The van der Waals surface area contributed by atoms with E-state index in [0.717, 1.165) is 5.56 Å². The second-order valence-electron chi connectivity index (χ2n) is 2.88. The molecule has 0 aliphatic carbocycles. The third-order valence-electron chi connectivity index (χ3n) is 1.81. The van der Waals surface area contributed by atoms with Crippen LogP contribution in [0.4, 0.5) is 0 Å². The van der Waals surface area contributed by atoms with Crippen molar-refractivity contribution in [1.29, 1.82) is 0 Å². The van der Waals surface area contributed by atoms with Gasteiger partial charge in [0, 0.05) is 0 Å². The average Bonchev–Trinajstić information content (AvgIpc) is 2.15. The van der Waals surface area contributed by atoms with Crippen LogP contribution >= 0.6 is 23.2 Å². The van der Waals surface area contributed by atoms with Crippen molar-refractivity contribution in [1.82, 2.24) is 0 Å². The molecule has 4 heteroatoms. The number of methoxy groups -OCH3 is 1. The maximum Gasteiger partial charge on any atom is 0.181 e. The average molecular weight is 233 g/mol. The smallest absolute Gasteiger partial charge is 0.181 e. The van der Waals surface area contributed by atoms with Gasteiger partial charge in [-0.15, -0.1) is 11.6 Å². The van der Waals surface area contributed by atoms with Gasteiger partial charge in [0.2, 0.25) is 0 Å². The van der Waals surface area contributed by atoms with Gasteiger partial charge in [-0.1, -0.05) is 11.6 Å². The van der Waals surface area contributed by atoms with Crippen molar-refractivity contribution < 1.29 is 9.53 Å². The molecule has 0 heterocycles. The molecule has 0 amide bonds. The number of rotatable bonds is 3. The molecule has 0 fully saturated rings. The molecule has 0 unspecified atom stereocenters. The number of carbonyl (C=O) groups is 1. The molecule has 0 aliphatic rings. The fourth-order valence-electron chi connectivity index (χ4n) is 1.22. The van der Waals surface area contributed by atoms with E-state index in [2.05, 4.69) is 0 Å². The van der Waals surface area contributed by atoms with Crippen LogP contribution in [0.5, 0.6) is 5.75 Å². The molecule has 0 N–H and O–H groups in total. The molecule has 1 aromatic rings. The largest absolute Gasteiger partial charge is 0.494 e. The zero-order valence-electron chi connectivity index (χ0n) is 7.93. The summed E-state index contributed by atoms with van der Waals surface area (Å²) >= 11 is 11.4. The molecule has 14 heavy (non-hydrogen) atoms. The fraction of sp³-hybridized carbons (Fsp3) is 0.300. The van der Waals surface area contributed by atoms with Crippen molar-refractivity contribution in [2.24, 2.45) is 0 Å². The molecule has 1 rings (SSSR count). The predicted octanol–water partition coefficient (Wildman–Crippen LogP) is 3.08. The predicted molar refractivity (Wildman–Crippen MR) is 57.8 cm³/mol. The molecule has 0 radical (unpaired) electrons. The van der Waals surface area contributed by atoms with Gasteiger partial charge in [-0.05, 0) is 24.6 Å². The Morgan fingerprint density at radius 2 is 2.14 bits per heavy atom. The number of alkyl halides is 1. The van der Waals surface area contributed by atoms with E-state index in [4.69, 9.17) is 27.9 Å². The van der Waals surface area contributed by atoms with Crippen molar-refractivity contribution in [3.63, 3.8) is 0 Å². The minimum Gasteiger partial charge on any atom is -0.494 e. The van der Waals surface area contributed by atoms with Gasteiger partial charge >= 0.3 is 0 Å². The monoisotopic (exact) mass is 232 g/mol. The van der Waals surface area contributed by atoms with Crippen molar-refractivity contribution in [3.05, 3.63) is 28.3 Å². The first-order chi connectivity index (χ1) is 6.60. The standard InChI is InChI=1S/C10H10Cl2O2/c1-6-3-7(9(13)5-11)10(14-2)8(12)4-6/h3-4H,5H2,1-2H3. The zero-order valence-corrected chi connectivity index (χ0v) is 9.45. The SMILES string of the molecule is COc1c(Cl)cc(C)cc1C(=O)CCl. The van der Waals surface area contributed by atoms with Gasteiger partial charge in [0.25, 0.3) is 0 Å². The molecule has 0 saturated carbocycles. The first-order valence-electron chi connectivity index (χ1n) is 4.03. The topological polar surface area (TPSA) is 26.3 Å². The Bertz CT molecular complexity index is 361. The van der Waals surface area contributed by atoms with E-state index in [-0.39, 0.29) is 11.7 Å². The van der Waals surface area contributed by atoms with Crippen molar-refractivity contribution in [2.75, 3.05) is 13.0 Å². The van der Waals surface area contributed by atoms with Crippen molar-refractivity contribution in [2.45, 2.75) is 6.92 Å². The number of benzene rings is 1. The highest BCUT2D eigenvalue weighted by molar-refractivity contribution is 6.34. The van der Waals surface area contributed by atoms with Gasteiger partial charge in [-0.3, -0.25) is 4.79 Å². The Kier molecular flexibility index (Phi) is 3.78. The lowest BCUT2D eigenvalue weighted by Crippen LogP contribution is -2.04. The molecular formula is C10H10Cl2O2. The normalized spacial score (nSPS) is 10.0. The van der Waals surface area contributed by atoms with E-state index in [0.29, 0.717) is 16.3 Å². The van der Waals surface area contributed by atoms with E-state index in [1.165, 1.54) is 7.11 Å². The lowest BCUT2D eigenvalue weighted by Gasteiger charge is -2.09. The third kappa shape index (κ3) is 2.20. The number of halogens is 2. The number of carbonyl (C=O) groups excluding carboxylic acids is 1. The molecule has 0 saturated heterocycles. The first-order valence-corrected chi connectivity index (χ1v) is 4.94. The molecule has 0 bridgehead atoms. The Morgan fingerprint density at radius 3 is 2.64 bits per heavy atom. The number of aryl methyl sites for hydroxylation is 1. The molecule has 76 valence electrons. The summed E-state index contributed by atoms with van der Waals surface area (Å²) in [6, 6.07) is 3.46. The summed E-state index contributed by atoms with van der Waals surface area (Å²) in [6.45, 7) is 1.86. The van der Waals surface area contributed by atoms with Crippen LogP contribution in [0.25, 0.3) is 0 Å². The molecular weight excluding hydrogens is 223 g/mol. The summed E-state index contributed by atoms with van der Waals surface area (Å²) in [5.74, 6) is 0.132. The third-order valence-corrected chi connectivity index (χ3v) is 2.34. The first kappa shape index (κ1) is 11.3. The van der Waals surface area contributed by atoms with Crippen LogP contribution in [0.3, 0.4) is 0 Å². The summed E-state index contributed by atoms with van der Waals surface area (Å²) in [4.78, 5) is 11.4. The molecule has 2 nitrogen and oxygen atoms in total. The van der Waals surface area contributed by atoms with E-state index >= 15 is 0 Å². The van der Waals surface area contributed by atoms with Crippen LogP contribution in [0.1, 0.15) is 15.9 Å². The lowest BCUT2D eigenvalue weighted by atomic mass is 10.1. The summed E-state index contributed by atoms with van der Waals surface area (Å²) in [5.41, 5.74) is 1.34. The van der Waals surface area contributed by atoms with Crippen LogP contribution in [0.15, 0.2) is 12.1 Å². The Labute approximate surface area is 92.8 Å². The minimum absolute atomic E-state index is 0.0733. The van der Waals surface area contributed by atoms with Crippen LogP contribution in [0.2, 0.25) is 5.02 Å². The summed E-state index contributed by atoms with van der Waals surface area (Å²) < 4.78 is 5.04. The Morgan fingerprint density at radius 1 is 1.50 bits per heavy atom. The highest BCUT2D eigenvalue weighted by Crippen LogP contribution is 2.30. The second kappa shape index (κ2) is 4.67. The maximum absolute atomic E-state index is 11.4. The second-order valence-corrected chi connectivity index (χ2v) is 3.56. The molecule has 0 aromatic heterocycles. The Balaban J connectivity index is 3.32. The molecule has 0 aliphatic heterocycles. The molecule has 0 spiro atoms. The molecule has 0 atom stereocenters. The minimum atomic E-state index is -0.186.